The van der Waals surface area contributed by atoms with Crippen LogP contribution in [0.5, 0.6) is 0 Å². The summed E-state index contributed by atoms with van der Waals surface area (Å²) in [4.78, 5) is 36.8. The number of fused-ring (bicyclic) bond motifs is 3. The van der Waals surface area contributed by atoms with Gasteiger partial charge in [0.15, 0.2) is 0 Å². The maximum absolute atomic E-state index is 12.2. The predicted octanol–water partition coefficient (Wildman–Crippen LogP) is 3.35. The van der Waals surface area contributed by atoms with Crippen molar-refractivity contribution in [2.45, 2.75) is 26.2 Å². The highest BCUT2D eigenvalue weighted by Gasteiger charge is 2.29. The highest BCUT2D eigenvalue weighted by Crippen LogP contribution is 2.44. The lowest BCUT2D eigenvalue weighted by Gasteiger charge is -2.21. The minimum atomic E-state index is -0.529. The Kier molecular flexibility index (Phi) is 6.65. The third-order valence-corrected chi connectivity index (χ3v) is 5.06. The van der Waals surface area contributed by atoms with Crippen LogP contribution in [0.15, 0.2) is 48.5 Å². The molecule has 6 heteroatoms. The van der Waals surface area contributed by atoms with Gasteiger partial charge in [-0.1, -0.05) is 55.5 Å². The van der Waals surface area contributed by atoms with Crippen LogP contribution in [0.3, 0.4) is 0 Å². The minimum absolute atomic E-state index is 0.00373. The van der Waals surface area contributed by atoms with Gasteiger partial charge in [-0.15, -0.1) is 0 Å². The molecule has 0 aromatic heterocycles. The monoisotopic (exact) mass is 394 g/mol. The summed E-state index contributed by atoms with van der Waals surface area (Å²) < 4.78 is 5.47. The molecule has 0 bridgehead atoms. The van der Waals surface area contributed by atoms with Crippen LogP contribution >= 0.6 is 0 Å². The predicted molar refractivity (Wildman–Crippen MR) is 111 cm³/mol. The second-order valence-electron chi connectivity index (χ2n) is 7.12. The fourth-order valence-corrected chi connectivity index (χ4v) is 3.73. The molecule has 29 heavy (non-hydrogen) atoms. The zero-order valence-corrected chi connectivity index (χ0v) is 16.8. The Morgan fingerprint density at radius 1 is 1.00 bits per heavy atom. The molecule has 152 valence electrons. The van der Waals surface area contributed by atoms with Gasteiger partial charge in [0.05, 0.1) is 6.54 Å². The molecule has 3 rings (SSSR count). The molecule has 0 spiro atoms. The van der Waals surface area contributed by atoms with E-state index in [-0.39, 0.29) is 43.8 Å². The molecule has 1 aliphatic rings. The number of Topliss-reactive ketones (excluding diaryl/α,β-unsaturated/α-hetero) is 1. The normalized spacial score (nSPS) is 12.1. The van der Waals surface area contributed by atoms with Crippen LogP contribution in [0.4, 0.5) is 4.79 Å². The molecule has 2 aromatic carbocycles. The number of amides is 2. The number of rotatable bonds is 8. The van der Waals surface area contributed by atoms with Gasteiger partial charge in [-0.05, 0) is 29.2 Å². The van der Waals surface area contributed by atoms with Crippen LogP contribution < -0.4 is 5.32 Å². The van der Waals surface area contributed by atoms with Gasteiger partial charge < -0.3 is 15.0 Å². The summed E-state index contributed by atoms with van der Waals surface area (Å²) in [7, 11) is 0. The van der Waals surface area contributed by atoms with E-state index in [1.54, 1.807) is 6.92 Å². The average Bonchev–Trinajstić information content (AvgIpc) is 3.04. The summed E-state index contributed by atoms with van der Waals surface area (Å²) >= 11 is 0. The van der Waals surface area contributed by atoms with Gasteiger partial charge in [-0.25, -0.2) is 4.79 Å². The van der Waals surface area contributed by atoms with Crippen molar-refractivity contribution in [3.63, 3.8) is 0 Å². The van der Waals surface area contributed by atoms with Crippen LogP contribution in [0, 0.1) is 0 Å². The highest BCUT2D eigenvalue weighted by molar-refractivity contribution is 5.84. The third kappa shape index (κ3) is 4.83. The Bertz CT molecular complexity index is 864. The Hall–Kier alpha value is -3.15. The van der Waals surface area contributed by atoms with Gasteiger partial charge >= 0.3 is 6.09 Å². The number of ether oxygens (including phenoxy) is 1. The molecule has 2 aromatic rings. The van der Waals surface area contributed by atoms with E-state index in [9.17, 15) is 14.4 Å². The van der Waals surface area contributed by atoms with Crippen molar-refractivity contribution in [1.29, 1.82) is 0 Å². The Balaban J connectivity index is 1.55. The summed E-state index contributed by atoms with van der Waals surface area (Å²) in [5.41, 5.74) is 4.66. The van der Waals surface area contributed by atoms with Crippen molar-refractivity contribution < 1.29 is 19.1 Å². The molecule has 0 aliphatic heterocycles. The Morgan fingerprint density at radius 2 is 1.59 bits per heavy atom. The molecule has 0 atom stereocenters. The third-order valence-electron chi connectivity index (χ3n) is 5.06. The molecule has 0 radical (unpaired) electrons. The zero-order chi connectivity index (χ0) is 20.8. The van der Waals surface area contributed by atoms with Crippen molar-refractivity contribution in [3.8, 4) is 11.1 Å². The second kappa shape index (κ2) is 9.37. The number of nitrogens with one attached hydrogen (secondary N) is 1. The summed E-state index contributed by atoms with van der Waals surface area (Å²) in [6.45, 7) is 3.99. The lowest BCUT2D eigenvalue weighted by atomic mass is 9.98. The van der Waals surface area contributed by atoms with Gasteiger partial charge in [0.25, 0.3) is 0 Å². The number of hydrogen-bond donors (Lipinski definition) is 1. The first kappa shape index (κ1) is 20.6. The van der Waals surface area contributed by atoms with Crippen LogP contribution in [-0.4, -0.2) is 48.9 Å². The smallest absolute Gasteiger partial charge is 0.407 e. The molecule has 0 unspecified atom stereocenters. The first-order valence-electron chi connectivity index (χ1n) is 9.87. The number of ketones is 1. The van der Waals surface area contributed by atoms with Crippen molar-refractivity contribution in [3.05, 3.63) is 59.7 Å². The van der Waals surface area contributed by atoms with Crippen LogP contribution in [0.2, 0.25) is 0 Å². The lowest BCUT2D eigenvalue weighted by molar-refractivity contribution is -0.134. The fourth-order valence-electron chi connectivity index (χ4n) is 3.73. The van der Waals surface area contributed by atoms with E-state index in [1.165, 1.54) is 23.0 Å². The molecular formula is C23H26N2O4. The first-order chi connectivity index (χ1) is 14.0. The molecule has 0 saturated heterocycles. The van der Waals surface area contributed by atoms with Crippen molar-refractivity contribution in [2.24, 2.45) is 0 Å². The van der Waals surface area contributed by atoms with Crippen molar-refractivity contribution in [2.75, 3.05) is 26.2 Å². The lowest BCUT2D eigenvalue weighted by Crippen LogP contribution is -2.40. The number of carbonyl (C=O) groups is 3. The number of nitrogens with zero attached hydrogens (tertiary/aromatic N) is 1. The molecule has 1 N–H and O–H groups in total. The van der Waals surface area contributed by atoms with Gasteiger partial charge in [-0.2, -0.15) is 0 Å². The zero-order valence-electron chi connectivity index (χ0n) is 16.8. The van der Waals surface area contributed by atoms with Gasteiger partial charge in [0.1, 0.15) is 12.4 Å². The first-order valence-corrected chi connectivity index (χ1v) is 9.87. The summed E-state index contributed by atoms with van der Waals surface area (Å²) in [5, 5.41) is 2.67. The second-order valence-corrected chi connectivity index (χ2v) is 7.12. The summed E-state index contributed by atoms with van der Waals surface area (Å²) in [5.74, 6) is -0.202. The van der Waals surface area contributed by atoms with Crippen LogP contribution in [0.25, 0.3) is 11.1 Å². The maximum Gasteiger partial charge on any atom is 0.407 e. The minimum Gasteiger partial charge on any atom is -0.449 e. The summed E-state index contributed by atoms with van der Waals surface area (Å²) in [6.07, 6.45) is -0.211. The number of benzene rings is 2. The van der Waals surface area contributed by atoms with E-state index in [4.69, 9.17) is 4.74 Å². The van der Waals surface area contributed by atoms with Crippen molar-refractivity contribution in [1.82, 2.24) is 10.2 Å². The number of alkyl carbamates (subject to hydrolysis) is 1. The molecule has 1 aliphatic carbocycles. The largest absolute Gasteiger partial charge is 0.449 e. The van der Waals surface area contributed by atoms with Gasteiger partial charge in [0.2, 0.25) is 5.91 Å². The number of hydrogen-bond acceptors (Lipinski definition) is 4. The Labute approximate surface area is 170 Å². The topological polar surface area (TPSA) is 75.7 Å². The average molecular weight is 394 g/mol. The van der Waals surface area contributed by atoms with Crippen LogP contribution in [-0.2, 0) is 14.3 Å². The van der Waals surface area contributed by atoms with E-state index in [2.05, 4.69) is 29.6 Å². The molecule has 0 heterocycles. The fraction of sp³-hybridized carbons (Fsp3) is 0.348. The van der Waals surface area contributed by atoms with Crippen LogP contribution in [0.1, 0.15) is 37.3 Å². The van der Waals surface area contributed by atoms with Gasteiger partial charge in [-0.3, -0.25) is 9.59 Å². The quantitative estimate of drug-likeness (QED) is 0.745. The van der Waals surface area contributed by atoms with E-state index >= 15 is 0 Å². The Morgan fingerprint density at radius 3 is 2.14 bits per heavy atom. The SMILES string of the molecule is CCC(=O)N(CCNC(=O)OCC1c2ccccc2-c2ccccc21)CC(C)=O. The summed E-state index contributed by atoms with van der Waals surface area (Å²) in [6, 6.07) is 16.3. The van der Waals surface area contributed by atoms with E-state index in [0.717, 1.165) is 11.1 Å². The maximum atomic E-state index is 12.2. The van der Waals surface area contributed by atoms with E-state index in [0.29, 0.717) is 6.42 Å². The highest BCUT2D eigenvalue weighted by atomic mass is 16.5. The van der Waals surface area contributed by atoms with Crippen molar-refractivity contribution >= 4 is 17.8 Å². The standard InChI is InChI=1S/C23H26N2O4/c1-3-22(27)25(14-16(2)26)13-12-24-23(28)29-15-21-19-10-6-4-8-17(19)18-9-5-7-11-20(18)21/h4-11,21H,3,12-15H2,1-2H3,(H,24,28). The van der Waals surface area contributed by atoms with E-state index in [1.807, 2.05) is 24.3 Å². The van der Waals surface area contributed by atoms with Gasteiger partial charge in [0, 0.05) is 25.4 Å². The molecule has 2 amide bonds. The van der Waals surface area contributed by atoms with E-state index < -0.39 is 6.09 Å². The molecule has 0 fully saturated rings. The molecule has 6 nitrogen and oxygen atoms in total. The molecular weight excluding hydrogens is 368 g/mol. The molecule has 0 saturated carbocycles. The number of carbonyl (C=O) groups excluding carboxylic acids is 3.